The SMILES string of the molecule is CN(C(=O)CCl)c1cccc(C(F)(F)F)c1. The second-order valence-corrected chi connectivity index (χ2v) is 3.40. The Morgan fingerprint density at radius 1 is 1.44 bits per heavy atom. The fourth-order valence-electron chi connectivity index (χ4n) is 1.12. The molecule has 16 heavy (non-hydrogen) atoms. The molecule has 0 N–H and O–H groups in total. The summed E-state index contributed by atoms with van der Waals surface area (Å²) in [4.78, 5) is 12.3. The Morgan fingerprint density at radius 2 is 2.06 bits per heavy atom. The number of carbonyl (C=O) groups excluding carboxylic acids is 1. The molecule has 88 valence electrons. The molecule has 0 aliphatic heterocycles. The highest BCUT2D eigenvalue weighted by Gasteiger charge is 2.30. The van der Waals surface area contributed by atoms with Gasteiger partial charge in [0, 0.05) is 12.7 Å². The lowest BCUT2D eigenvalue weighted by Gasteiger charge is -2.17. The average Bonchev–Trinajstić information content (AvgIpc) is 2.26. The predicted octanol–water partition coefficient (Wildman–Crippen LogP) is 2.91. The Balaban J connectivity index is 3.04. The Bertz CT molecular complexity index is 392. The monoisotopic (exact) mass is 251 g/mol. The number of hydrogen-bond acceptors (Lipinski definition) is 1. The van der Waals surface area contributed by atoms with Crippen LogP contribution in [0, 0.1) is 0 Å². The van der Waals surface area contributed by atoms with E-state index in [-0.39, 0.29) is 11.6 Å². The molecule has 1 aromatic rings. The summed E-state index contributed by atoms with van der Waals surface area (Å²) in [6, 6.07) is 4.52. The normalized spacial score (nSPS) is 11.3. The highest BCUT2D eigenvalue weighted by Crippen LogP contribution is 2.31. The van der Waals surface area contributed by atoms with Gasteiger partial charge in [0.1, 0.15) is 5.88 Å². The first-order valence-electron chi connectivity index (χ1n) is 4.36. The van der Waals surface area contributed by atoms with Crippen molar-refractivity contribution in [3.8, 4) is 0 Å². The maximum absolute atomic E-state index is 12.4. The quantitative estimate of drug-likeness (QED) is 0.740. The summed E-state index contributed by atoms with van der Waals surface area (Å²) < 4.78 is 37.2. The number of benzene rings is 1. The lowest BCUT2D eigenvalue weighted by molar-refractivity contribution is -0.137. The molecule has 0 spiro atoms. The minimum atomic E-state index is -4.42. The highest BCUT2D eigenvalue weighted by molar-refractivity contribution is 6.29. The van der Waals surface area contributed by atoms with E-state index in [0.717, 1.165) is 17.0 Å². The largest absolute Gasteiger partial charge is 0.416 e. The number of anilines is 1. The molecule has 0 aliphatic carbocycles. The molecule has 0 heterocycles. The fourth-order valence-corrected chi connectivity index (χ4v) is 1.30. The zero-order valence-electron chi connectivity index (χ0n) is 8.38. The van der Waals surface area contributed by atoms with Crippen LogP contribution in [0.15, 0.2) is 24.3 Å². The van der Waals surface area contributed by atoms with Crippen LogP contribution in [0.5, 0.6) is 0 Å². The topological polar surface area (TPSA) is 20.3 Å². The zero-order chi connectivity index (χ0) is 12.3. The van der Waals surface area contributed by atoms with Crippen LogP contribution < -0.4 is 4.90 Å². The molecule has 6 heteroatoms. The Kier molecular flexibility index (Phi) is 3.80. The number of nitrogens with zero attached hydrogens (tertiary/aromatic N) is 1. The zero-order valence-corrected chi connectivity index (χ0v) is 9.14. The summed E-state index contributed by atoms with van der Waals surface area (Å²) in [5.74, 6) is -0.729. The maximum Gasteiger partial charge on any atom is 0.416 e. The minimum absolute atomic E-state index is 0.167. The first kappa shape index (κ1) is 12.8. The van der Waals surface area contributed by atoms with E-state index in [0.29, 0.717) is 0 Å². The Morgan fingerprint density at radius 3 is 2.56 bits per heavy atom. The van der Waals surface area contributed by atoms with Gasteiger partial charge in [-0.05, 0) is 18.2 Å². The molecule has 2 nitrogen and oxygen atoms in total. The summed E-state index contributed by atoms with van der Waals surface area (Å²) >= 11 is 5.31. The summed E-state index contributed by atoms with van der Waals surface area (Å²) in [7, 11) is 1.38. The molecule has 1 rings (SSSR count). The van der Waals surface area contributed by atoms with Crippen LogP contribution in [0.25, 0.3) is 0 Å². The van der Waals surface area contributed by atoms with Crippen molar-refractivity contribution in [1.29, 1.82) is 0 Å². The van der Waals surface area contributed by atoms with Crippen LogP contribution in [0.2, 0.25) is 0 Å². The smallest absolute Gasteiger partial charge is 0.314 e. The van der Waals surface area contributed by atoms with Crippen molar-refractivity contribution < 1.29 is 18.0 Å². The molecule has 0 saturated heterocycles. The van der Waals surface area contributed by atoms with E-state index in [1.807, 2.05) is 0 Å². The van der Waals surface area contributed by atoms with Crippen LogP contribution in [0.3, 0.4) is 0 Å². The van der Waals surface area contributed by atoms with Gasteiger partial charge in [-0.25, -0.2) is 0 Å². The molecule has 1 aromatic carbocycles. The fraction of sp³-hybridized carbons (Fsp3) is 0.300. The van der Waals surface area contributed by atoms with Gasteiger partial charge in [-0.1, -0.05) is 6.07 Å². The second-order valence-electron chi connectivity index (χ2n) is 3.13. The average molecular weight is 252 g/mol. The first-order valence-corrected chi connectivity index (χ1v) is 4.89. The van der Waals surface area contributed by atoms with Gasteiger partial charge in [-0.15, -0.1) is 11.6 Å². The van der Waals surface area contributed by atoms with Gasteiger partial charge < -0.3 is 4.90 Å². The first-order chi connectivity index (χ1) is 7.36. The van der Waals surface area contributed by atoms with Gasteiger partial charge in [0.25, 0.3) is 0 Å². The second kappa shape index (κ2) is 4.74. The van der Waals surface area contributed by atoms with Gasteiger partial charge >= 0.3 is 6.18 Å². The van der Waals surface area contributed by atoms with Crippen molar-refractivity contribution in [2.24, 2.45) is 0 Å². The van der Waals surface area contributed by atoms with Crippen LogP contribution in [-0.2, 0) is 11.0 Å². The van der Waals surface area contributed by atoms with E-state index < -0.39 is 17.6 Å². The summed E-state index contributed by atoms with van der Waals surface area (Å²) in [6.45, 7) is 0. The van der Waals surface area contributed by atoms with E-state index in [9.17, 15) is 18.0 Å². The molecule has 0 unspecified atom stereocenters. The molecule has 0 fully saturated rings. The molecular formula is C10H9ClF3NO. The lowest BCUT2D eigenvalue weighted by atomic mass is 10.2. The van der Waals surface area contributed by atoms with E-state index in [4.69, 9.17) is 11.6 Å². The molecule has 0 atom stereocenters. The molecule has 0 aliphatic rings. The third-order valence-electron chi connectivity index (χ3n) is 2.05. The van der Waals surface area contributed by atoms with Gasteiger partial charge in [0.05, 0.1) is 5.56 Å². The van der Waals surface area contributed by atoms with Gasteiger partial charge in [-0.2, -0.15) is 13.2 Å². The molecule has 0 saturated carbocycles. The summed E-state index contributed by atoms with van der Waals surface area (Å²) in [5.41, 5.74) is -0.625. The van der Waals surface area contributed by atoms with Crippen LogP contribution in [-0.4, -0.2) is 18.8 Å². The highest BCUT2D eigenvalue weighted by atomic mass is 35.5. The molecule has 0 bridgehead atoms. The summed E-state index contributed by atoms with van der Waals surface area (Å²) in [5, 5.41) is 0. The van der Waals surface area contributed by atoms with E-state index in [1.165, 1.54) is 19.2 Å². The number of halogens is 4. The molecular weight excluding hydrogens is 243 g/mol. The van der Waals surface area contributed by atoms with E-state index >= 15 is 0 Å². The Hall–Kier alpha value is -1.23. The van der Waals surface area contributed by atoms with Crippen molar-refractivity contribution in [3.63, 3.8) is 0 Å². The Labute approximate surface area is 95.6 Å². The molecule has 0 radical (unpaired) electrons. The van der Waals surface area contributed by atoms with Gasteiger partial charge in [-0.3, -0.25) is 4.79 Å². The minimum Gasteiger partial charge on any atom is -0.314 e. The van der Waals surface area contributed by atoms with Crippen LogP contribution >= 0.6 is 11.6 Å². The standard InChI is InChI=1S/C10H9ClF3NO/c1-15(9(16)6-11)8-4-2-3-7(5-8)10(12,13)14/h2-5H,6H2,1H3. The number of hydrogen-bond donors (Lipinski definition) is 0. The molecule has 1 amide bonds. The van der Waals surface area contributed by atoms with Gasteiger partial charge in [0.2, 0.25) is 5.91 Å². The van der Waals surface area contributed by atoms with Crippen molar-refractivity contribution in [2.75, 3.05) is 17.8 Å². The predicted molar refractivity (Wildman–Crippen MR) is 55.6 cm³/mol. The number of carbonyl (C=O) groups is 1. The third kappa shape index (κ3) is 2.88. The summed E-state index contributed by atoms with van der Waals surface area (Å²) in [6.07, 6.45) is -4.42. The van der Waals surface area contributed by atoms with Crippen molar-refractivity contribution >= 4 is 23.2 Å². The number of alkyl halides is 4. The molecule has 0 aromatic heterocycles. The van der Waals surface area contributed by atoms with Crippen LogP contribution in [0.1, 0.15) is 5.56 Å². The van der Waals surface area contributed by atoms with Crippen molar-refractivity contribution in [3.05, 3.63) is 29.8 Å². The van der Waals surface area contributed by atoms with Gasteiger partial charge in [0.15, 0.2) is 0 Å². The van der Waals surface area contributed by atoms with Crippen molar-refractivity contribution in [1.82, 2.24) is 0 Å². The number of rotatable bonds is 2. The van der Waals surface area contributed by atoms with Crippen LogP contribution in [0.4, 0.5) is 18.9 Å². The van der Waals surface area contributed by atoms with E-state index in [1.54, 1.807) is 0 Å². The number of amides is 1. The maximum atomic E-state index is 12.4. The third-order valence-corrected chi connectivity index (χ3v) is 2.28. The van der Waals surface area contributed by atoms with Crippen molar-refractivity contribution in [2.45, 2.75) is 6.18 Å². The lowest BCUT2D eigenvalue weighted by Crippen LogP contribution is -2.27. The van der Waals surface area contributed by atoms with E-state index in [2.05, 4.69) is 0 Å².